The molecule has 1 spiro atoms. The first-order valence-corrected chi connectivity index (χ1v) is 11.0. The molecule has 0 radical (unpaired) electrons. The number of benzene rings is 2. The summed E-state index contributed by atoms with van der Waals surface area (Å²) in [5.74, 6) is -0.578. The summed E-state index contributed by atoms with van der Waals surface area (Å²) < 4.78 is 16.7. The van der Waals surface area contributed by atoms with E-state index >= 15 is 0 Å². The summed E-state index contributed by atoms with van der Waals surface area (Å²) in [6.45, 7) is 2.39. The van der Waals surface area contributed by atoms with E-state index in [-0.39, 0.29) is 22.1 Å². The fourth-order valence-corrected chi connectivity index (χ4v) is 5.03. The fraction of sp³-hybridized carbons (Fsp3) is 0.280. The van der Waals surface area contributed by atoms with E-state index in [2.05, 4.69) is 10.3 Å². The number of hydrogen-bond acceptors (Lipinski definition) is 6. The standard InChI is InChI=1S/C25H23ClN2O5/c1-13-9-15(28-12-14-5-4-6-17-16(14)7-8-27-17)10-20(29)25(13)24(30)21-18(31-2)11-19(32-3)22(26)23(21)33-25/h4-8,10-11,13,27-28H,9,12H2,1-3H3. The van der Waals surface area contributed by atoms with Crippen LogP contribution in [-0.2, 0) is 11.3 Å². The first-order valence-electron chi connectivity index (χ1n) is 10.6. The predicted octanol–water partition coefficient (Wildman–Crippen LogP) is 4.44. The number of aromatic amines is 1. The van der Waals surface area contributed by atoms with Gasteiger partial charge in [0.15, 0.2) is 5.75 Å². The van der Waals surface area contributed by atoms with Gasteiger partial charge in [-0.1, -0.05) is 30.7 Å². The molecule has 2 unspecified atom stereocenters. The highest BCUT2D eigenvalue weighted by atomic mass is 35.5. The number of ketones is 2. The second-order valence-corrected chi connectivity index (χ2v) is 8.69. The maximum Gasteiger partial charge on any atom is 0.236 e. The molecule has 33 heavy (non-hydrogen) atoms. The maximum atomic E-state index is 13.6. The van der Waals surface area contributed by atoms with Crippen LogP contribution in [0.1, 0.15) is 29.3 Å². The Morgan fingerprint density at radius 1 is 1.21 bits per heavy atom. The lowest BCUT2D eigenvalue weighted by molar-refractivity contribution is -0.129. The molecule has 0 fully saturated rings. The van der Waals surface area contributed by atoms with E-state index in [1.165, 1.54) is 26.4 Å². The number of nitrogens with one attached hydrogen (secondary N) is 2. The third-order valence-corrected chi connectivity index (χ3v) is 6.86. The van der Waals surface area contributed by atoms with Crippen molar-refractivity contribution in [2.75, 3.05) is 14.2 Å². The average molecular weight is 467 g/mol. The highest BCUT2D eigenvalue weighted by Gasteiger charge is 2.60. The van der Waals surface area contributed by atoms with Crippen LogP contribution in [0.2, 0.25) is 5.02 Å². The van der Waals surface area contributed by atoms with Crippen molar-refractivity contribution in [3.63, 3.8) is 0 Å². The van der Waals surface area contributed by atoms with E-state index in [0.29, 0.717) is 18.7 Å². The van der Waals surface area contributed by atoms with E-state index < -0.39 is 23.1 Å². The maximum absolute atomic E-state index is 13.6. The largest absolute Gasteiger partial charge is 0.496 e. The van der Waals surface area contributed by atoms with Gasteiger partial charge in [0.2, 0.25) is 17.2 Å². The normalized spacial score (nSPS) is 21.7. The molecule has 170 valence electrons. The molecule has 1 aliphatic heterocycles. The van der Waals surface area contributed by atoms with Crippen molar-refractivity contribution >= 4 is 34.1 Å². The topological polar surface area (TPSA) is 89.7 Å². The highest BCUT2D eigenvalue weighted by molar-refractivity contribution is 6.36. The van der Waals surface area contributed by atoms with Crippen LogP contribution in [0.15, 0.2) is 48.3 Å². The van der Waals surface area contributed by atoms with Crippen LogP contribution in [0.4, 0.5) is 0 Å². The van der Waals surface area contributed by atoms with Crippen molar-refractivity contribution in [3.8, 4) is 17.2 Å². The molecule has 1 aliphatic carbocycles. The molecule has 2 N–H and O–H groups in total. The smallest absolute Gasteiger partial charge is 0.236 e. The number of methoxy groups -OCH3 is 2. The molecule has 0 bridgehead atoms. The molecule has 7 nitrogen and oxygen atoms in total. The van der Waals surface area contributed by atoms with Gasteiger partial charge in [0.25, 0.3) is 0 Å². The van der Waals surface area contributed by atoms with Gasteiger partial charge in [0.1, 0.15) is 22.1 Å². The molecular weight excluding hydrogens is 444 g/mol. The van der Waals surface area contributed by atoms with Gasteiger partial charge in [-0.05, 0) is 24.1 Å². The van der Waals surface area contributed by atoms with Crippen LogP contribution in [0.25, 0.3) is 10.9 Å². The zero-order chi connectivity index (χ0) is 23.3. The Morgan fingerprint density at radius 3 is 2.73 bits per heavy atom. The number of ether oxygens (including phenoxy) is 3. The number of Topliss-reactive ketones (excluding diaryl/α,β-unsaturated/α-hetero) is 1. The van der Waals surface area contributed by atoms with Gasteiger partial charge in [-0.25, -0.2) is 0 Å². The monoisotopic (exact) mass is 466 g/mol. The SMILES string of the molecule is COc1cc(OC)c2c(c1Cl)OC1(C(=O)C=C(NCc3cccc4[nH]ccc34)CC1C)C2=O. The zero-order valence-electron chi connectivity index (χ0n) is 18.5. The van der Waals surface area contributed by atoms with E-state index in [1.54, 1.807) is 0 Å². The number of halogens is 1. The molecule has 0 amide bonds. The van der Waals surface area contributed by atoms with Crippen molar-refractivity contribution in [2.24, 2.45) is 5.92 Å². The molecule has 0 saturated heterocycles. The summed E-state index contributed by atoms with van der Waals surface area (Å²) in [5, 5.41) is 4.63. The second-order valence-electron chi connectivity index (χ2n) is 8.31. The molecule has 3 aromatic rings. The predicted molar refractivity (Wildman–Crippen MR) is 124 cm³/mol. The quantitative estimate of drug-likeness (QED) is 0.540. The molecular formula is C25H23ClN2O5. The summed E-state index contributed by atoms with van der Waals surface area (Å²) >= 11 is 6.43. The Kier molecular flexibility index (Phi) is 5.09. The van der Waals surface area contributed by atoms with E-state index in [1.807, 2.05) is 37.4 Å². The summed E-state index contributed by atoms with van der Waals surface area (Å²) in [7, 11) is 2.91. The lowest BCUT2D eigenvalue weighted by Crippen LogP contribution is -2.55. The molecule has 2 aliphatic rings. The van der Waals surface area contributed by atoms with Gasteiger partial charge in [0, 0.05) is 47.4 Å². The number of aromatic nitrogens is 1. The van der Waals surface area contributed by atoms with Gasteiger partial charge in [0.05, 0.1) is 14.2 Å². The Hall–Kier alpha value is -3.45. The van der Waals surface area contributed by atoms with Gasteiger partial charge in [-0.3, -0.25) is 9.59 Å². The first kappa shape index (κ1) is 21.4. The zero-order valence-corrected chi connectivity index (χ0v) is 19.2. The van der Waals surface area contributed by atoms with Crippen LogP contribution in [0.5, 0.6) is 17.2 Å². The van der Waals surface area contributed by atoms with Gasteiger partial charge < -0.3 is 24.5 Å². The third-order valence-electron chi connectivity index (χ3n) is 6.50. The van der Waals surface area contributed by atoms with E-state index in [0.717, 1.165) is 22.2 Å². The Morgan fingerprint density at radius 2 is 2.00 bits per heavy atom. The van der Waals surface area contributed by atoms with Crippen molar-refractivity contribution in [1.82, 2.24) is 10.3 Å². The van der Waals surface area contributed by atoms with Gasteiger partial charge in [-0.15, -0.1) is 0 Å². The molecule has 2 atom stereocenters. The van der Waals surface area contributed by atoms with Gasteiger partial charge in [-0.2, -0.15) is 0 Å². The van der Waals surface area contributed by atoms with E-state index in [9.17, 15) is 9.59 Å². The Labute approximate surface area is 195 Å². The molecule has 2 heterocycles. The minimum absolute atomic E-state index is 0.127. The molecule has 2 aromatic carbocycles. The molecule has 1 aromatic heterocycles. The number of allylic oxidation sites excluding steroid dienone is 1. The number of carbonyl (C=O) groups excluding carboxylic acids is 2. The summed E-state index contributed by atoms with van der Waals surface area (Å²) in [4.78, 5) is 30.1. The Balaban J connectivity index is 1.45. The van der Waals surface area contributed by atoms with E-state index in [4.69, 9.17) is 25.8 Å². The number of rotatable bonds is 5. The van der Waals surface area contributed by atoms with Crippen LogP contribution in [0, 0.1) is 5.92 Å². The average Bonchev–Trinajstić information content (AvgIpc) is 3.41. The first-order chi connectivity index (χ1) is 15.9. The Bertz CT molecular complexity index is 1330. The van der Waals surface area contributed by atoms with Gasteiger partial charge >= 0.3 is 0 Å². The number of carbonyl (C=O) groups is 2. The van der Waals surface area contributed by atoms with Crippen molar-refractivity contribution in [1.29, 1.82) is 0 Å². The number of fused-ring (bicyclic) bond motifs is 2. The van der Waals surface area contributed by atoms with Crippen LogP contribution < -0.4 is 19.5 Å². The molecule has 8 heteroatoms. The van der Waals surface area contributed by atoms with Crippen molar-refractivity contribution in [2.45, 2.75) is 25.5 Å². The number of H-pyrrole nitrogens is 1. The van der Waals surface area contributed by atoms with Crippen LogP contribution >= 0.6 is 11.6 Å². The highest BCUT2D eigenvalue weighted by Crippen LogP contribution is 2.52. The minimum atomic E-state index is -1.67. The number of hydrogen-bond donors (Lipinski definition) is 2. The minimum Gasteiger partial charge on any atom is -0.496 e. The molecule has 5 rings (SSSR count). The second kappa shape index (κ2) is 7.85. The van der Waals surface area contributed by atoms with Crippen molar-refractivity contribution < 1.29 is 23.8 Å². The van der Waals surface area contributed by atoms with Crippen molar-refractivity contribution in [3.05, 3.63) is 64.5 Å². The third kappa shape index (κ3) is 3.10. The fourth-order valence-electron chi connectivity index (χ4n) is 4.77. The molecule has 0 saturated carbocycles. The lowest BCUT2D eigenvalue weighted by atomic mass is 9.74. The van der Waals surface area contributed by atoms with Crippen LogP contribution in [-0.4, -0.2) is 36.4 Å². The summed E-state index contributed by atoms with van der Waals surface area (Å²) in [5.41, 5.74) is 1.43. The summed E-state index contributed by atoms with van der Waals surface area (Å²) in [6.07, 6.45) is 3.84. The van der Waals surface area contributed by atoms with Crippen LogP contribution in [0.3, 0.4) is 0 Å². The lowest BCUT2D eigenvalue weighted by Gasteiger charge is -2.35. The summed E-state index contributed by atoms with van der Waals surface area (Å²) in [6, 6.07) is 9.60.